The highest BCUT2D eigenvalue weighted by atomic mass is 16.4. The van der Waals surface area contributed by atoms with Gasteiger partial charge in [-0.1, -0.05) is 5.10 Å². The Kier molecular flexibility index (Phi) is 2.80. The zero-order valence-corrected chi connectivity index (χ0v) is 11.6. The molecule has 0 saturated heterocycles. The quantitative estimate of drug-likeness (QED) is 0.868. The van der Waals surface area contributed by atoms with Crippen LogP contribution in [0.15, 0.2) is 4.42 Å². The fourth-order valence-corrected chi connectivity index (χ4v) is 2.35. The molecule has 1 aliphatic carbocycles. The summed E-state index contributed by atoms with van der Waals surface area (Å²) in [6.45, 7) is 6.15. The number of aromatic amines is 1. The van der Waals surface area contributed by atoms with E-state index in [1.54, 1.807) is 0 Å². The maximum Gasteiger partial charge on any atom is 0.316 e. The van der Waals surface area contributed by atoms with Gasteiger partial charge in [-0.05, 0) is 46.5 Å². The summed E-state index contributed by atoms with van der Waals surface area (Å²) in [5.74, 6) is 0.492. The minimum atomic E-state index is -0.102. The molecule has 0 bridgehead atoms. The van der Waals surface area contributed by atoms with Gasteiger partial charge in [0, 0.05) is 16.8 Å². The molecule has 0 spiro atoms. The molecule has 1 aliphatic rings. The maximum atomic E-state index is 5.65. The lowest BCUT2D eigenvalue weighted by atomic mass is 9.96. The van der Waals surface area contributed by atoms with E-state index in [1.165, 1.54) is 24.1 Å². The van der Waals surface area contributed by atoms with Crippen molar-refractivity contribution >= 4 is 6.01 Å². The third-order valence-corrected chi connectivity index (χ3v) is 3.17. The van der Waals surface area contributed by atoms with Gasteiger partial charge in [-0.2, -0.15) is 5.10 Å². The zero-order chi connectivity index (χ0) is 13.5. The summed E-state index contributed by atoms with van der Waals surface area (Å²) in [6.07, 6.45) is 4.51. The number of nitrogens with zero attached hydrogens (tertiary/aromatic N) is 3. The average Bonchev–Trinajstić information content (AvgIpc) is 2.92. The van der Waals surface area contributed by atoms with E-state index in [0.717, 1.165) is 18.5 Å². The molecule has 6 nitrogen and oxygen atoms in total. The molecule has 0 aliphatic heterocycles. The lowest BCUT2D eigenvalue weighted by molar-refractivity contribution is 0.536. The third-order valence-electron chi connectivity index (χ3n) is 3.17. The minimum Gasteiger partial charge on any atom is -0.402 e. The van der Waals surface area contributed by atoms with Crippen molar-refractivity contribution in [2.24, 2.45) is 0 Å². The highest BCUT2D eigenvalue weighted by molar-refractivity contribution is 5.55. The summed E-state index contributed by atoms with van der Waals surface area (Å²) in [5, 5.41) is 18.7. The van der Waals surface area contributed by atoms with E-state index in [-0.39, 0.29) is 5.54 Å². The second kappa shape index (κ2) is 4.36. The largest absolute Gasteiger partial charge is 0.402 e. The van der Waals surface area contributed by atoms with E-state index in [1.807, 2.05) is 20.8 Å². The molecule has 102 valence electrons. The Labute approximate surface area is 112 Å². The van der Waals surface area contributed by atoms with Crippen LogP contribution in [0.1, 0.15) is 44.9 Å². The molecule has 0 saturated carbocycles. The van der Waals surface area contributed by atoms with Crippen LogP contribution in [0, 0.1) is 0 Å². The molecule has 2 aromatic rings. The van der Waals surface area contributed by atoms with E-state index < -0.39 is 0 Å². The lowest BCUT2D eigenvalue weighted by Gasteiger charge is -2.17. The van der Waals surface area contributed by atoms with Crippen LogP contribution in [-0.2, 0) is 12.8 Å². The Morgan fingerprint density at radius 3 is 2.74 bits per heavy atom. The van der Waals surface area contributed by atoms with E-state index >= 15 is 0 Å². The zero-order valence-electron chi connectivity index (χ0n) is 11.6. The number of nitrogens with one attached hydrogen (secondary N) is 2. The molecule has 0 unspecified atom stereocenters. The van der Waals surface area contributed by atoms with E-state index in [2.05, 4.69) is 25.7 Å². The van der Waals surface area contributed by atoms with Gasteiger partial charge in [0.25, 0.3) is 5.89 Å². The molecule has 0 atom stereocenters. The fourth-order valence-electron chi connectivity index (χ4n) is 2.35. The van der Waals surface area contributed by atoms with Crippen LogP contribution in [0.4, 0.5) is 6.01 Å². The number of hydrogen-bond acceptors (Lipinski definition) is 5. The Morgan fingerprint density at radius 1 is 1.16 bits per heavy atom. The van der Waals surface area contributed by atoms with Gasteiger partial charge in [0.1, 0.15) is 0 Å². The first-order valence-corrected chi connectivity index (χ1v) is 6.71. The van der Waals surface area contributed by atoms with E-state index in [9.17, 15) is 0 Å². The number of hydrogen-bond donors (Lipinski definition) is 2. The number of aromatic nitrogens is 4. The first-order valence-electron chi connectivity index (χ1n) is 6.71. The van der Waals surface area contributed by atoms with Gasteiger partial charge in [0.15, 0.2) is 5.69 Å². The summed E-state index contributed by atoms with van der Waals surface area (Å²) in [5.41, 5.74) is 3.15. The summed E-state index contributed by atoms with van der Waals surface area (Å²) in [4.78, 5) is 0. The van der Waals surface area contributed by atoms with Crippen LogP contribution < -0.4 is 5.32 Å². The van der Waals surface area contributed by atoms with Gasteiger partial charge < -0.3 is 9.73 Å². The van der Waals surface area contributed by atoms with E-state index in [0.29, 0.717) is 11.9 Å². The topological polar surface area (TPSA) is 79.6 Å². The number of anilines is 1. The average molecular weight is 261 g/mol. The molecule has 3 rings (SSSR count). The molecule has 6 heteroatoms. The molecule has 2 N–H and O–H groups in total. The van der Waals surface area contributed by atoms with Gasteiger partial charge in [0.2, 0.25) is 0 Å². The van der Waals surface area contributed by atoms with Crippen molar-refractivity contribution in [1.82, 2.24) is 20.4 Å². The molecule has 2 aromatic heterocycles. The second-order valence-corrected chi connectivity index (χ2v) is 6.02. The first kappa shape index (κ1) is 12.2. The molecule has 0 aromatic carbocycles. The highest BCUT2D eigenvalue weighted by Gasteiger charge is 2.22. The van der Waals surface area contributed by atoms with Crippen molar-refractivity contribution in [1.29, 1.82) is 0 Å². The standard InChI is InChI=1S/C13H19N5O/c1-13(2,3)14-12-18-17-11(19-12)10-8-6-4-5-7-9(8)15-16-10/h4-7H2,1-3H3,(H,14,18)(H,15,16). The Morgan fingerprint density at radius 2 is 1.95 bits per heavy atom. The number of H-pyrrole nitrogens is 1. The number of aryl methyl sites for hydroxylation is 1. The molecular formula is C13H19N5O. The summed E-state index contributed by atoms with van der Waals surface area (Å²) < 4.78 is 5.65. The number of rotatable bonds is 2. The van der Waals surface area contributed by atoms with Gasteiger partial charge in [-0.15, -0.1) is 5.10 Å². The van der Waals surface area contributed by atoms with Gasteiger partial charge in [-0.25, -0.2) is 0 Å². The monoisotopic (exact) mass is 261 g/mol. The minimum absolute atomic E-state index is 0.102. The molecule has 0 amide bonds. The fraction of sp³-hybridized carbons (Fsp3) is 0.615. The van der Waals surface area contributed by atoms with Crippen molar-refractivity contribution in [3.8, 4) is 11.6 Å². The molecular weight excluding hydrogens is 242 g/mol. The van der Waals surface area contributed by atoms with Crippen LogP contribution in [-0.4, -0.2) is 25.9 Å². The summed E-state index contributed by atoms with van der Waals surface area (Å²) >= 11 is 0. The predicted molar refractivity (Wildman–Crippen MR) is 71.9 cm³/mol. The molecule has 0 fully saturated rings. The number of fused-ring (bicyclic) bond motifs is 1. The van der Waals surface area contributed by atoms with Crippen molar-refractivity contribution in [2.75, 3.05) is 5.32 Å². The van der Waals surface area contributed by atoms with Crippen LogP contribution in [0.5, 0.6) is 0 Å². The van der Waals surface area contributed by atoms with Gasteiger partial charge >= 0.3 is 6.01 Å². The normalized spacial score (nSPS) is 15.3. The lowest BCUT2D eigenvalue weighted by Crippen LogP contribution is -2.26. The Hall–Kier alpha value is -1.85. The second-order valence-electron chi connectivity index (χ2n) is 6.02. The van der Waals surface area contributed by atoms with Crippen molar-refractivity contribution in [3.63, 3.8) is 0 Å². The van der Waals surface area contributed by atoms with Crippen LogP contribution in [0.2, 0.25) is 0 Å². The van der Waals surface area contributed by atoms with Crippen LogP contribution in [0.3, 0.4) is 0 Å². The Balaban J connectivity index is 1.89. The van der Waals surface area contributed by atoms with Crippen molar-refractivity contribution in [2.45, 2.75) is 52.0 Å². The third kappa shape index (κ3) is 2.47. The first-order chi connectivity index (χ1) is 9.03. The smallest absolute Gasteiger partial charge is 0.316 e. The van der Waals surface area contributed by atoms with E-state index in [4.69, 9.17) is 4.42 Å². The van der Waals surface area contributed by atoms with Gasteiger partial charge in [-0.3, -0.25) is 5.10 Å². The van der Waals surface area contributed by atoms with Crippen LogP contribution >= 0.6 is 0 Å². The van der Waals surface area contributed by atoms with Crippen molar-refractivity contribution < 1.29 is 4.42 Å². The Bertz CT molecular complexity index is 578. The predicted octanol–water partition coefficient (Wildman–Crippen LogP) is 2.55. The molecule has 19 heavy (non-hydrogen) atoms. The summed E-state index contributed by atoms with van der Waals surface area (Å²) in [7, 11) is 0. The maximum absolute atomic E-state index is 5.65. The molecule has 2 heterocycles. The van der Waals surface area contributed by atoms with Crippen molar-refractivity contribution in [3.05, 3.63) is 11.3 Å². The molecule has 0 radical (unpaired) electrons. The summed E-state index contributed by atoms with van der Waals surface area (Å²) in [6, 6.07) is 0.440. The highest BCUT2D eigenvalue weighted by Crippen LogP contribution is 2.29. The SMILES string of the molecule is CC(C)(C)Nc1nnc(-c2n[nH]c3c2CCCC3)o1. The van der Waals surface area contributed by atoms with Gasteiger partial charge in [0.05, 0.1) is 0 Å². The van der Waals surface area contributed by atoms with Crippen LogP contribution in [0.25, 0.3) is 11.6 Å².